The van der Waals surface area contributed by atoms with E-state index in [1.807, 2.05) is 0 Å². The monoisotopic (exact) mass is 182 g/mol. The summed E-state index contributed by atoms with van der Waals surface area (Å²) in [6.07, 6.45) is 0.102. The molecule has 0 aromatic carbocycles. The Labute approximate surface area is 112 Å². The van der Waals surface area contributed by atoms with Crippen LogP contribution >= 0.6 is 0 Å². The average molecular weight is 182 g/mol. The molecule has 52 valence electrons. The quantitative estimate of drug-likeness (QED) is 0.562. The Morgan fingerprint density at radius 2 is 1.70 bits per heavy atom. The Balaban J connectivity index is -0.000000245. The molecule has 0 unspecified atom stereocenters. The summed E-state index contributed by atoms with van der Waals surface area (Å²) in [5.74, 6) is -0.993. The van der Waals surface area contributed by atoms with Crippen molar-refractivity contribution in [1.82, 2.24) is 0 Å². The van der Waals surface area contributed by atoms with E-state index in [-0.39, 0.29) is 85.9 Å². The second-order valence-corrected chi connectivity index (χ2v) is 1.60. The van der Waals surface area contributed by atoms with Crippen LogP contribution in [0, 0.1) is 0 Å². The second kappa shape index (κ2) is 10.4. The number of ketones is 1. The minimum absolute atomic E-state index is 0. The number of carbonyl (C=O) groups excluding carboxylic acids is 1. The van der Waals surface area contributed by atoms with Crippen LogP contribution in [-0.2, 0) is 9.59 Å². The summed E-state index contributed by atoms with van der Waals surface area (Å²) < 4.78 is 0. The van der Waals surface area contributed by atoms with Gasteiger partial charge in [0.25, 0.3) is 0 Å². The molecule has 0 bridgehead atoms. The summed E-state index contributed by atoms with van der Waals surface area (Å²) >= 11 is 0. The van der Waals surface area contributed by atoms with E-state index in [2.05, 4.69) is 0 Å². The fourth-order valence-corrected chi connectivity index (χ4v) is 0.283. The molecule has 10 heavy (non-hydrogen) atoms. The van der Waals surface area contributed by atoms with Gasteiger partial charge in [-0.15, -0.1) is 0 Å². The number of carbonyl (C=O) groups is 2. The molecule has 0 rings (SSSR count). The molecule has 0 saturated heterocycles. The first kappa shape index (κ1) is 17.5. The van der Waals surface area contributed by atoms with Crippen molar-refractivity contribution < 1.29 is 14.7 Å². The number of hydrogen-bond donors (Lipinski definition) is 1. The van der Waals surface area contributed by atoms with E-state index in [1.54, 1.807) is 0 Å². The zero-order valence-electron chi connectivity index (χ0n) is 4.68. The van der Waals surface area contributed by atoms with Gasteiger partial charge >= 0.3 is 73.3 Å². The van der Waals surface area contributed by atoms with E-state index in [1.165, 1.54) is 6.92 Å². The number of carboxylic acids is 1. The number of carboxylic acid groups (broad SMARTS) is 1. The molecule has 0 heterocycles. The van der Waals surface area contributed by atoms with E-state index in [0.29, 0.717) is 0 Å². The van der Waals surface area contributed by atoms with Crippen LogP contribution in [0.3, 0.4) is 0 Å². The summed E-state index contributed by atoms with van der Waals surface area (Å²) in [5, 5.41) is 8.01. The van der Waals surface area contributed by atoms with Crippen LogP contribution in [0.25, 0.3) is 0 Å². The van der Waals surface area contributed by atoms with E-state index in [4.69, 9.17) is 5.11 Å². The maximum absolute atomic E-state index is 10.1. The van der Waals surface area contributed by atoms with Crippen LogP contribution in [0.1, 0.15) is 19.8 Å². The van der Waals surface area contributed by atoms with Gasteiger partial charge in [-0.25, -0.2) is 0 Å². The Bertz CT molecular complexity index is 101. The van der Waals surface area contributed by atoms with Gasteiger partial charge in [0.05, 0.1) is 6.42 Å². The number of aliphatic carboxylic acids is 1. The molecule has 0 saturated carbocycles. The van der Waals surface area contributed by atoms with Crippen molar-refractivity contribution in [2.75, 3.05) is 0 Å². The molecule has 0 radical (unpaired) electrons. The Kier molecular flexibility index (Phi) is 18.2. The van der Waals surface area contributed by atoms with Gasteiger partial charge in [0.2, 0.25) is 0 Å². The van der Waals surface area contributed by atoms with Crippen molar-refractivity contribution in [3.63, 3.8) is 0 Å². The van der Waals surface area contributed by atoms with E-state index in [9.17, 15) is 9.59 Å². The zero-order valence-corrected chi connectivity index (χ0v) is 4.68. The minimum atomic E-state index is -0.916. The molecule has 0 amide bonds. The molecule has 0 aliphatic heterocycles. The van der Waals surface area contributed by atoms with Crippen molar-refractivity contribution in [2.45, 2.75) is 19.8 Å². The van der Waals surface area contributed by atoms with Crippen molar-refractivity contribution in [3.8, 4) is 0 Å². The maximum atomic E-state index is 10.1. The van der Waals surface area contributed by atoms with Gasteiger partial charge < -0.3 is 9.90 Å². The molecular formula is C5H11CaNaO3. The Hall–Kier alpha value is 1.40. The third kappa shape index (κ3) is 16.2. The molecule has 1 N–H and O–H groups in total. The first-order valence-corrected chi connectivity index (χ1v) is 2.34. The second-order valence-electron chi connectivity index (χ2n) is 1.60. The van der Waals surface area contributed by atoms with Crippen LogP contribution in [0.4, 0.5) is 0 Å². The van der Waals surface area contributed by atoms with Crippen molar-refractivity contribution in [1.29, 1.82) is 0 Å². The van der Waals surface area contributed by atoms with Crippen LogP contribution in [0.2, 0.25) is 0 Å². The van der Waals surface area contributed by atoms with Gasteiger partial charge in [0, 0.05) is 6.42 Å². The molecule has 0 aliphatic rings. The average Bonchev–Trinajstić information content (AvgIpc) is 1.61. The zero-order chi connectivity index (χ0) is 6.57. The molecule has 0 aliphatic carbocycles. The molecule has 0 aromatic heterocycles. The summed E-state index contributed by atoms with van der Waals surface area (Å²) in [6.45, 7) is 1.38. The third-order valence-electron chi connectivity index (χ3n) is 0.691. The molecule has 0 atom stereocenters. The van der Waals surface area contributed by atoms with E-state index in [0.717, 1.165) is 0 Å². The normalized spacial score (nSPS) is 6.90. The molecule has 5 heteroatoms. The van der Waals surface area contributed by atoms with Gasteiger partial charge in [-0.1, -0.05) is 0 Å². The third-order valence-corrected chi connectivity index (χ3v) is 0.691. The Morgan fingerprint density at radius 1 is 1.30 bits per heavy atom. The fraction of sp³-hybridized carbons (Fsp3) is 0.600. The molecular weight excluding hydrogens is 171 g/mol. The number of rotatable bonds is 3. The molecule has 0 aromatic rings. The SMILES string of the molecule is CC(=O)CCC(=O)O.[CaH2].[NaH]. The van der Waals surface area contributed by atoms with Crippen LogP contribution < -0.4 is 0 Å². The van der Waals surface area contributed by atoms with Gasteiger partial charge in [-0.3, -0.25) is 4.79 Å². The summed E-state index contributed by atoms with van der Waals surface area (Å²) in [5.41, 5.74) is 0. The van der Waals surface area contributed by atoms with Crippen molar-refractivity contribution in [2.24, 2.45) is 0 Å². The number of Topliss-reactive ketones (excluding diaryl/α,β-unsaturated/α-hetero) is 1. The van der Waals surface area contributed by atoms with Gasteiger partial charge in [-0.2, -0.15) is 0 Å². The van der Waals surface area contributed by atoms with Gasteiger partial charge in [-0.05, 0) is 6.92 Å². The molecule has 0 spiro atoms. The fourth-order valence-electron chi connectivity index (χ4n) is 0.283. The van der Waals surface area contributed by atoms with Crippen LogP contribution in [0.5, 0.6) is 0 Å². The van der Waals surface area contributed by atoms with Crippen LogP contribution in [0.15, 0.2) is 0 Å². The molecule has 0 fully saturated rings. The van der Waals surface area contributed by atoms with Crippen molar-refractivity contribution in [3.05, 3.63) is 0 Å². The number of hydrogen-bond acceptors (Lipinski definition) is 2. The predicted molar refractivity (Wildman–Crippen MR) is 43.2 cm³/mol. The summed E-state index contributed by atoms with van der Waals surface area (Å²) in [6, 6.07) is 0. The van der Waals surface area contributed by atoms with Gasteiger partial charge in [0.15, 0.2) is 0 Å². The molecule has 3 nitrogen and oxygen atoms in total. The van der Waals surface area contributed by atoms with Gasteiger partial charge in [0.1, 0.15) is 5.78 Å². The van der Waals surface area contributed by atoms with Crippen molar-refractivity contribution >= 4 is 79.0 Å². The summed E-state index contributed by atoms with van der Waals surface area (Å²) in [4.78, 5) is 19.8. The van der Waals surface area contributed by atoms with Crippen LogP contribution in [-0.4, -0.2) is 84.2 Å². The summed E-state index contributed by atoms with van der Waals surface area (Å²) in [7, 11) is 0. The standard InChI is InChI=1S/C5H8O3.Ca.Na.3H/c1-4(6)2-3-5(7)8;;;;;/h2-3H2,1H3,(H,7,8);;;;;. The Morgan fingerprint density at radius 3 is 1.80 bits per heavy atom. The first-order chi connectivity index (χ1) is 3.63. The predicted octanol–water partition coefficient (Wildman–Crippen LogP) is -1.12. The van der Waals surface area contributed by atoms with E-state index >= 15 is 0 Å². The van der Waals surface area contributed by atoms with E-state index < -0.39 is 5.97 Å². The topological polar surface area (TPSA) is 54.4 Å². The first-order valence-electron chi connectivity index (χ1n) is 2.34.